The Balaban J connectivity index is 1.16. The first-order valence-corrected chi connectivity index (χ1v) is 25.0. The number of ether oxygens (including phenoxy) is 10. The molecule has 65 heavy (non-hydrogen) atoms. The Morgan fingerprint density at radius 1 is 0.923 bits per heavy atom. The fourth-order valence-corrected chi connectivity index (χ4v) is 12.1. The zero-order valence-corrected chi connectivity index (χ0v) is 40.9. The van der Waals surface area contributed by atoms with Crippen molar-refractivity contribution in [2.45, 2.75) is 190 Å². The number of rotatable bonds is 11. The Morgan fingerprint density at radius 2 is 1.65 bits per heavy atom. The van der Waals surface area contributed by atoms with Gasteiger partial charge in [-0.15, -0.1) is 0 Å². The molecular formula is C50H76O14S. The lowest BCUT2D eigenvalue weighted by molar-refractivity contribution is -0.309. The Labute approximate surface area is 390 Å². The van der Waals surface area contributed by atoms with E-state index in [9.17, 15) is 20.1 Å². The molecule has 366 valence electrons. The molecule has 4 fully saturated rings. The van der Waals surface area contributed by atoms with E-state index >= 15 is 0 Å². The Morgan fingerprint density at radius 3 is 2.37 bits per heavy atom. The first kappa shape index (κ1) is 50.9. The number of aliphatic hydroxyl groups excluding tert-OH is 2. The Hall–Kier alpha value is -1.96. The lowest BCUT2D eigenvalue weighted by Gasteiger charge is -2.48. The maximum Gasteiger partial charge on any atom is 0.316 e. The quantitative estimate of drug-likeness (QED) is 0.160. The van der Waals surface area contributed by atoms with Gasteiger partial charge in [0, 0.05) is 57.5 Å². The molecule has 0 aromatic rings. The molecule has 20 atom stereocenters. The van der Waals surface area contributed by atoms with Gasteiger partial charge in [0.05, 0.1) is 61.2 Å². The molecule has 0 saturated carbocycles. The van der Waals surface area contributed by atoms with Gasteiger partial charge in [0.25, 0.3) is 0 Å². The van der Waals surface area contributed by atoms with E-state index in [2.05, 4.69) is 46.8 Å². The summed E-state index contributed by atoms with van der Waals surface area (Å²) in [5, 5.41) is 33.3. The molecule has 0 radical (unpaired) electrons. The van der Waals surface area contributed by atoms with Crippen LogP contribution in [-0.4, -0.2) is 151 Å². The van der Waals surface area contributed by atoms with Gasteiger partial charge in [-0.1, -0.05) is 70.6 Å². The average molecular weight is 933 g/mol. The molecule has 1 unspecified atom stereocenters. The molecule has 2 bridgehead atoms. The SMILES string of the molecule is CCC(C)[C@H]1O[C@]2(C=C[C@@H]1C)C[C@@H]1C[C@@H](C/C=C(\C)[C@@H](O[C@H]3C[C@H](OC)[C@@H](O[C@H]4C[C@H](OC)[C@H](SCCO)[C@H](C)O4)[C@H](C)O3)[C@@H](C)/C=C/C=C3\CO[C@@H]4[C@H](O)C(C)=C[C@@H](C(=O)O1)[C@]34O)O2. The Bertz CT molecular complexity index is 1780. The number of carbonyl (C=O) groups is 1. The molecule has 3 N–H and O–H groups in total. The monoisotopic (exact) mass is 932 g/mol. The number of esters is 1. The molecule has 0 aromatic carbocycles. The van der Waals surface area contributed by atoms with Crippen molar-refractivity contribution in [1.29, 1.82) is 0 Å². The zero-order chi connectivity index (χ0) is 46.8. The van der Waals surface area contributed by atoms with E-state index in [4.69, 9.17) is 47.4 Å². The van der Waals surface area contributed by atoms with E-state index in [-0.39, 0.29) is 66.7 Å². The van der Waals surface area contributed by atoms with Crippen LogP contribution in [-0.2, 0) is 52.2 Å². The highest BCUT2D eigenvalue weighted by Gasteiger charge is 2.60. The van der Waals surface area contributed by atoms with Crippen molar-refractivity contribution in [3.8, 4) is 0 Å². The van der Waals surface area contributed by atoms with Crippen molar-refractivity contribution in [3.63, 3.8) is 0 Å². The number of allylic oxidation sites excluding steroid dienone is 2. The number of hydrogen-bond donors (Lipinski definition) is 3. The Kier molecular flexibility index (Phi) is 17.1. The van der Waals surface area contributed by atoms with Gasteiger partial charge in [0.1, 0.15) is 35.9 Å². The number of aliphatic hydroxyl groups is 3. The van der Waals surface area contributed by atoms with E-state index in [0.717, 1.165) is 12.0 Å². The number of fused-ring (bicyclic) bond motifs is 2. The molecule has 7 rings (SSSR count). The van der Waals surface area contributed by atoms with Crippen molar-refractivity contribution in [2.75, 3.05) is 33.2 Å². The van der Waals surface area contributed by atoms with Crippen LogP contribution in [0.2, 0.25) is 0 Å². The summed E-state index contributed by atoms with van der Waals surface area (Å²) in [4.78, 5) is 14.4. The topological polar surface area (TPSA) is 170 Å². The predicted octanol–water partition coefficient (Wildman–Crippen LogP) is 6.11. The molecule has 4 saturated heterocycles. The third kappa shape index (κ3) is 10.9. The smallest absolute Gasteiger partial charge is 0.316 e. The summed E-state index contributed by atoms with van der Waals surface area (Å²) in [6.45, 7) is 16.5. The van der Waals surface area contributed by atoms with Gasteiger partial charge in [-0.2, -0.15) is 11.8 Å². The van der Waals surface area contributed by atoms with Gasteiger partial charge in [-0.25, -0.2) is 0 Å². The van der Waals surface area contributed by atoms with E-state index < -0.39 is 72.5 Å². The summed E-state index contributed by atoms with van der Waals surface area (Å²) in [6.07, 6.45) is 10.4. The van der Waals surface area contributed by atoms with Crippen LogP contribution in [0, 0.1) is 23.7 Å². The minimum Gasteiger partial charge on any atom is -0.462 e. The molecular weight excluding hydrogens is 857 g/mol. The first-order valence-electron chi connectivity index (χ1n) is 23.9. The summed E-state index contributed by atoms with van der Waals surface area (Å²) in [5.41, 5.74) is 0.151. The van der Waals surface area contributed by atoms with Crippen LogP contribution in [0.25, 0.3) is 0 Å². The molecule has 6 aliphatic heterocycles. The normalized spacial score (nSPS) is 47.4. The van der Waals surface area contributed by atoms with Crippen molar-refractivity contribution in [1.82, 2.24) is 0 Å². The maximum absolute atomic E-state index is 14.4. The zero-order valence-electron chi connectivity index (χ0n) is 40.0. The highest BCUT2D eigenvalue weighted by molar-refractivity contribution is 8.00. The fourth-order valence-electron chi connectivity index (χ4n) is 11.0. The largest absolute Gasteiger partial charge is 0.462 e. The summed E-state index contributed by atoms with van der Waals surface area (Å²) in [5.74, 6) is -1.95. The molecule has 14 nitrogen and oxygen atoms in total. The molecule has 15 heteroatoms. The molecule has 0 amide bonds. The fraction of sp³-hybridized carbons (Fsp3) is 0.780. The first-order chi connectivity index (χ1) is 31.0. The van der Waals surface area contributed by atoms with Gasteiger partial charge in [-0.3, -0.25) is 4.79 Å². The number of thioether (sulfide) groups is 1. The average Bonchev–Trinajstić information content (AvgIpc) is 3.62. The van der Waals surface area contributed by atoms with Crippen LogP contribution in [0.3, 0.4) is 0 Å². The number of methoxy groups -OCH3 is 2. The van der Waals surface area contributed by atoms with Crippen molar-refractivity contribution < 1.29 is 67.5 Å². The number of hydrogen-bond acceptors (Lipinski definition) is 15. The lowest BCUT2D eigenvalue weighted by Crippen LogP contribution is -2.58. The van der Waals surface area contributed by atoms with Gasteiger partial charge in [0.2, 0.25) is 0 Å². The summed E-state index contributed by atoms with van der Waals surface area (Å²) in [6, 6.07) is 0. The second kappa shape index (κ2) is 21.8. The van der Waals surface area contributed by atoms with Crippen LogP contribution in [0.15, 0.2) is 59.3 Å². The van der Waals surface area contributed by atoms with Crippen LogP contribution in [0.5, 0.6) is 0 Å². The van der Waals surface area contributed by atoms with Gasteiger partial charge >= 0.3 is 5.97 Å². The van der Waals surface area contributed by atoms with Crippen LogP contribution in [0.4, 0.5) is 0 Å². The maximum atomic E-state index is 14.4. The highest BCUT2D eigenvalue weighted by Crippen LogP contribution is 2.47. The lowest BCUT2D eigenvalue weighted by atomic mass is 9.71. The minimum absolute atomic E-state index is 0.0343. The summed E-state index contributed by atoms with van der Waals surface area (Å²) < 4.78 is 64.8. The van der Waals surface area contributed by atoms with Gasteiger partial charge < -0.3 is 62.7 Å². The molecule has 7 aliphatic rings. The minimum atomic E-state index is -1.83. The summed E-state index contributed by atoms with van der Waals surface area (Å²) >= 11 is 1.64. The van der Waals surface area contributed by atoms with Gasteiger partial charge in [-0.05, 0) is 62.8 Å². The standard InChI is InChI=1S/C50H76O14S/c1-11-27(2)44-30(5)17-18-49(64-44)25-36-22-35(63-49)16-15-29(4)43(28(3)13-12-14-34-26-57-47-42(52)31(6)21-37(48(53)60-36)50(34,47)54)61-40-23-38(55-9)45(32(7)58-40)62-41-24-39(56-10)46(33(8)59-41)65-20-19-51/h12-15,17-18,21,27-28,30,32-33,35-47,51-52,54H,11,16,19-20,22-26H2,1-10H3/b13-12+,29-15+,34-14+/t27?,28-,30-,32-,33-,35+,36-,37-,38-,39-,40-,41-,42+,43-,44+,45-,46+,47+,49+,50+/m0/s1. The third-order valence-corrected chi connectivity index (χ3v) is 16.4. The summed E-state index contributed by atoms with van der Waals surface area (Å²) in [7, 11) is 3.37. The van der Waals surface area contributed by atoms with Gasteiger partial charge in [0.15, 0.2) is 18.4 Å². The highest BCUT2D eigenvalue weighted by atomic mass is 32.2. The molecule has 1 spiro atoms. The van der Waals surface area contributed by atoms with Crippen LogP contribution >= 0.6 is 11.8 Å². The van der Waals surface area contributed by atoms with Crippen molar-refractivity contribution >= 4 is 17.7 Å². The second-order valence-electron chi connectivity index (χ2n) is 19.5. The third-order valence-electron chi connectivity index (χ3n) is 14.9. The van der Waals surface area contributed by atoms with E-state index in [1.807, 2.05) is 32.1 Å². The van der Waals surface area contributed by atoms with Crippen LogP contribution in [0.1, 0.15) is 93.9 Å². The van der Waals surface area contributed by atoms with E-state index in [1.165, 1.54) is 0 Å². The molecule has 0 aromatic heterocycles. The van der Waals surface area contributed by atoms with Crippen molar-refractivity contribution in [3.05, 3.63) is 59.3 Å². The second-order valence-corrected chi connectivity index (χ2v) is 20.8. The van der Waals surface area contributed by atoms with Crippen molar-refractivity contribution in [2.24, 2.45) is 23.7 Å². The predicted molar refractivity (Wildman–Crippen MR) is 245 cm³/mol. The molecule has 1 aliphatic carbocycles. The molecule has 6 heterocycles. The van der Waals surface area contributed by atoms with E-state index in [1.54, 1.807) is 45.1 Å². The van der Waals surface area contributed by atoms with Crippen LogP contribution < -0.4 is 0 Å². The number of carbonyl (C=O) groups excluding carboxylic acids is 1. The van der Waals surface area contributed by atoms with E-state index in [0.29, 0.717) is 49.0 Å².